The summed E-state index contributed by atoms with van der Waals surface area (Å²) in [5.41, 5.74) is 0. The van der Waals surface area contributed by atoms with Crippen LogP contribution in [-0.4, -0.2) is 79.8 Å². The molecule has 0 aliphatic carbocycles. The molecule has 0 bridgehead atoms. The van der Waals surface area contributed by atoms with Gasteiger partial charge in [0.25, 0.3) is 0 Å². The van der Waals surface area contributed by atoms with Crippen molar-refractivity contribution in [2.24, 2.45) is 0 Å². The van der Waals surface area contributed by atoms with Crippen molar-refractivity contribution in [3.63, 3.8) is 0 Å². The Kier molecular flexibility index (Phi) is 32.4. The zero-order chi connectivity index (χ0) is 13.9. The van der Waals surface area contributed by atoms with Crippen molar-refractivity contribution in [2.75, 3.05) is 52.9 Å². The third kappa shape index (κ3) is 27.4. The van der Waals surface area contributed by atoms with Crippen molar-refractivity contribution in [3.05, 3.63) is 0 Å². The van der Waals surface area contributed by atoms with Gasteiger partial charge in [0.1, 0.15) is 0 Å². The van der Waals surface area contributed by atoms with Gasteiger partial charge in [-0.2, -0.15) is 0 Å². The summed E-state index contributed by atoms with van der Waals surface area (Å²) in [5.74, 6) is 0. The molecule has 2 heterocycles. The zero-order valence-electron chi connectivity index (χ0n) is 9.96. The van der Waals surface area contributed by atoms with Gasteiger partial charge in [-0.1, -0.05) is 0 Å². The van der Waals surface area contributed by atoms with Crippen LogP contribution in [0.3, 0.4) is 0 Å². The van der Waals surface area contributed by atoms with E-state index in [1.165, 1.54) is 0 Å². The molecule has 10 heteroatoms. The summed E-state index contributed by atoms with van der Waals surface area (Å²) in [6, 6.07) is 0. The summed E-state index contributed by atoms with van der Waals surface area (Å²) < 4.78 is 19.8. The first-order valence-electron chi connectivity index (χ1n) is 5.18. The minimum absolute atomic E-state index is 0.0625. The Morgan fingerprint density at radius 1 is 0.444 bits per heavy atom. The van der Waals surface area contributed by atoms with E-state index in [0.29, 0.717) is 0 Å². The van der Waals surface area contributed by atoms with Gasteiger partial charge in [0.2, 0.25) is 0 Å². The molecule has 2 fully saturated rings. The Bertz CT molecular complexity index is 94.6. The number of rotatable bonds is 0. The van der Waals surface area contributed by atoms with Gasteiger partial charge in [-0.3, -0.25) is 0 Å². The third-order valence-electron chi connectivity index (χ3n) is 1.49. The number of ether oxygens (including phenoxy) is 4. The molecule has 0 N–H and O–H groups in total. The molecule has 0 unspecified atom stereocenters. The van der Waals surface area contributed by atoms with Crippen molar-refractivity contribution < 1.29 is 18.9 Å². The van der Waals surface area contributed by atoms with E-state index in [2.05, 4.69) is 54.2 Å². The Morgan fingerprint density at radius 3 is 0.611 bits per heavy atom. The fourth-order valence-electron chi connectivity index (χ4n) is 0.880. The summed E-state index contributed by atoms with van der Waals surface area (Å²) in [6.07, 6.45) is 0. The van der Waals surface area contributed by atoms with Gasteiger partial charge in [0.05, 0.1) is 52.9 Å². The van der Waals surface area contributed by atoms with Crippen molar-refractivity contribution in [1.29, 1.82) is 0 Å². The number of hydrogen-bond donors (Lipinski definition) is 0. The quantitative estimate of drug-likeness (QED) is 0.384. The van der Waals surface area contributed by atoms with Crippen LogP contribution in [0.15, 0.2) is 0 Å². The molecule has 2 radical (unpaired) electrons. The van der Waals surface area contributed by atoms with Crippen LogP contribution in [0.1, 0.15) is 0 Å². The summed E-state index contributed by atoms with van der Waals surface area (Å²) in [4.78, 5) is 0. The van der Waals surface area contributed by atoms with Crippen molar-refractivity contribution in [3.8, 4) is 0 Å². The Morgan fingerprint density at radius 2 is 0.556 bits per heavy atom. The van der Waals surface area contributed by atoms with Crippen LogP contribution in [0.2, 0.25) is 0 Å². The second-order valence-electron chi connectivity index (χ2n) is 2.61. The van der Waals surface area contributed by atoms with E-state index >= 15 is 0 Å². The second-order valence-corrected chi connectivity index (χ2v) is 25.6. The average Bonchev–Trinajstić information content (AvgIpc) is 2.45. The molecule has 18 heavy (non-hydrogen) atoms. The predicted molar refractivity (Wildman–Crippen MR) is 90.5 cm³/mol. The standard InChI is InChI=1S/2C4H8O2.4BrH.2Ga/c2*1-2-6-4-3-5-1;;;;;;/h2*1-4H2;4*1H;;/q;;;;;;2*+2/p-4. The molecule has 2 aliphatic rings. The molecule has 0 saturated carbocycles. The van der Waals surface area contributed by atoms with E-state index in [9.17, 15) is 0 Å². The molecule has 2 aliphatic heterocycles. The van der Waals surface area contributed by atoms with E-state index in [4.69, 9.17) is 18.9 Å². The van der Waals surface area contributed by atoms with Crippen LogP contribution in [0.5, 0.6) is 0 Å². The average molecular weight is 635 g/mol. The van der Waals surface area contributed by atoms with Gasteiger partial charge in [0.15, 0.2) is 0 Å². The summed E-state index contributed by atoms with van der Waals surface area (Å²) >= 11 is 12.8. The maximum atomic E-state index is 4.94. The zero-order valence-corrected chi connectivity index (χ0v) is 21.1. The molecular weight excluding hydrogens is 619 g/mol. The number of halogens is 4. The summed E-state index contributed by atoms with van der Waals surface area (Å²) in [6.45, 7) is 6.22. The monoisotopic (exact) mass is 630 g/mol. The molecule has 106 valence electrons. The first-order valence-corrected chi connectivity index (χ1v) is 27.9. The van der Waals surface area contributed by atoms with Gasteiger partial charge in [-0.15, -0.1) is 0 Å². The van der Waals surface area contributed by atoms with Crippen molar-refractivity contribution in [1.82, 2.24) is 0 Å². The molecular formula is C8H16Br4Ga2O4. The Hall–Kier alpha value is 3.03. The Labute approximate surface area is 151 Å². The predicted octanol–water partition coefficient (Wildman–Crippen LogP) is 2.69. The summed E-state index contributed by atoms with van der Waals surface area (Å²) in [7, 11) is 0. The number of hydrogen-bond acceptors (Lipinski definition) is 4. The fourth-order valence-corrected chi connectivity index (χ4v) is 0.880. The van der Waals surface area contributed by atoms with Crippen molar-refractivity contribution in [2.45, 2.75) is 0 Å². The van der Waals surface area contributed by atoms with Gasteiger partial charge in [-0.05, 0) is 0 Å². The molecule has 0 aromatic carbocycles. The van der Waals surface area contributed by atoms with Crippen LogP contribution in [0, 0.1) is 0 Å². The molecule has 0 aromatic rings. The molecule has 2 saturated heterocycles. The maximum absolute atomic E-state index is 4.94. The molecule has 0 spiro atoms. The SMILES string of the molecule is C1COCCO1.C1COCCO1.[Br][Ga][Br].[Br][Ga][Br]. The van der Waals surface area contributed by atoms with Crippen molar-refractivity contribution >= 4 is 81.1 Å². The first-order chi connectivity index (χ1) is 8.83. The molecule has 0 amide bonds. The minimum atomic E-state index is -0.0625. The van der Waals surface area contributed by atoms with E-state index in [1.807, 2.05) is 0 Å². The third-order valence-corrected chi connectivity index (χ3v) is 1.49. The topological polar surface area (TPSA) is 36.9 Å². The van der Waals surface area contributed by atoms with Gasteiger partial charge in [-0.25, -0.2) is 0 Å². The van der Waals surface area contributed by atoms with Crippen LogP contribution >= 0.6 is 54.2 Å². The van der Waals surface area contributed by atoms with Gasteiger partial charge >= 0.3 is 81.1 Å². The van der Waals surface area contributed by atoms with Crippen LogP contribution in [0.4, 0.5) is 0 Å². The molecule has 2 rings (SSSR count). The molecule has 4 nitrogen and oxygen atoms in total. The van der Waals surface area contributed by atoms with Crippen LogP contribution in [-0.2, 0) is 18.9 Å². The fraction of sp³-hybridized carbons (Fsp3) is 1.00. The van der Waals surface area contributed by atoms with Gasteiger partial charge in [0, 0.05) is 0 Å². The van der Waals surface area contributed by atoms with Crippen LogP contribution < -0.4 is 0 Å². The normalized spacial score (nSPS) is 17.6. The summed E-state index contributed by atoms with van der Waals surface area (Å²) in [5, 5.41) is 0. The van der Waals surface area contributed by atoms with Crippen LogP contribution in [0.25, 0.3) is 0 Å². The first kappa shape index (κ1) is 23.3. The van der Waals surface area contributed by atoms with Gasteiger partial charge < -0.3 is 18.9 Å². The van der Waals surface area contributed by atoms with E-state index in [1.54, 1.807) is 0 Å². The molecule has 0 aromatic heterocycles. The van der Waals surface area contributed by atoms with E-state index < -0.39 is 0 Å². The Balaban J connectivity index is 0. The van der Waals surface area contributed by atoms with E-state index in [0.717, 1.165) is 52.9 Å². The second kappa shape index (κ2) is 25.0. The molecule has 0 atom stereocenters. The van der Waals surface area contributed by atoms with E-state index in [-0.39, 0.29) is 26.9 Å².